The fraction of sp³-hybridized carbons (Fsp3) is 0.182. The summed E-state index contributed by atoms with van der Waals surface area (Å²) in [5.41, 5.74) is 0. The normalized spacial score (nSPS) is 22.8. The van der Waals surface area contributed by atoms with E-state index in [-0.39, 0.29) is 16.1 Å². The summed E-state index contributed by atoms with van der Waals surface area (Å²) >= 11 is 1.22. The molecule has 0 saturated carbocycles. The fourth-order valence-corrected chi connectivity index (χ4v) is 3.69. The summed E-state index contributed by atoms with van der Waals surface area (Å²) in [4.78, 5) is 11.5. The highest BCUT2D eigenvalue weighted by atomic mass is 32.2. The number of sulfone groups is 1. The molecule has 90 valence electrons. The molecule has 1 aliphatic rings. The van der Waals surface area contributed by atoms with Gasteiger partial charge in [0.1, 0.15) is 0 Å². The predicted octanol–water partition coefficient (Wildman–Crippen LogP) is 1.51. The number of nitrogens with one attached hydrogen (secondary N) is 1. The van der Waals surface area contributed by atoms with Gasteiger partial charge in [0.05, 0.1) is 20.6 Å². The van der Waals surface area contributed by atoms with Gasteiger partial charge in [-0.25, -0.2) is 8.42 Å². The van der Waals surface area contributed by atoms with Gasteiger partial charge in [-0.15, -0.1) is 0 Å². The lowest BCUT2D eigenvalue weighted by molar-refractivity contribution is -0.118. The number of carbonyl (C=O) groups excluding carboxylic acids is 1. The molecule has 0 radical (unpaired) electrons. The van der Waals surface area contributed by atoms with Gasteiger partial charge in [0.25, 0.3) is 0 Å². The Labute approximate surface area is 104 Å². The second kappa shape index (κ2) is 4.54. The Bertz CT molecular complexity index is 564. The van der Waals surface area contributed by atoms with Crippen LogP contribution in [-0.2, 0) is 14.6 Å². The van der Waals surface area contributed by atoms with Crippen molar-refractivity contribution in [3.05, 3.63) is 40.8 Å². The fourth-order valence-electron chi connectivity index (χ4n) is 1.37. The Hall–Kier alpha value is -1.27. The van der Waals surface area contributed by atoms with Crippen LogP contribution in [0, 0.1) is 0 Å². The van der Waals surface area contributed by atoms with E-state index in [0.717, 1.165) is 5.41 Å². The topological polar surface area (TPSA) is 63.2 Å². The summed E-state index contributed by atoms with van der Waals surface area (Å²) in [5.74, 6) is -0.162. The zero-order chi connectivity index (χ0) is 12.5. The molecule has 1 aliphatic heterocycles. The molecule has 1 heterocycles. The van der Waals surface area contributed by atoms with Gasteiger partial charge >= 0.3 is 0 Å². The Balaban J connectivity index is 2.31. The van der Waals surface area contributed by atoms with Crippen LogP contribution in [0.4, 0.5) is 0 Å². The van der Waals surface area contributed by atoms with Crippen LogP contribution < -0.4 is 5.32 Å². The molecule has 6 heteroatoms. The molecular formula is C11H11NO3S2. The quantitative estimate of drug-likeness (QED) is 0.884. The zero-order valence-electron chi connectivity index (χ0n) is 9.08. The van der Waals surface area contributed by atoms with E-state index >= 15 is 0 Å². The first-order valence-corrected chi connectivity index (χ1v) is 7.41. The van der Waals surface area contributed by atoms with Gasteiger partial charge in [-0.05, 0) is 19.1 Å². The molecule has 0 bridgehead atoms. The molecular weight excluding hydrogens is 258 g/mol. The molecule has 1 N–H and O–H groups in total. The van der Waals surface area contributed by atoms with Gasteiger partial charge in [-0.3, -0.25) is 4.79 Å². The molecule has 1 saturated heterocycles. The van der Waals surface area contributed by atoms with Crippen LogP contribution in [0.25, 0.3) is 0 Å². The van der Waals surface area contributed by atoms with Crippen LogP contribution in [0.1, 0.15) is 6.92 Å². The molecule has 1 amide bonds. The summed E-state index contributed by atoms with van der Waals surface area (Å²) in [6, 6.07) is 8.12. The minimum atomic E-state index is -3.49. The van der Waals surface area contributed by atoms with Gasteiger partial charge in [0.15, 0.2) is 0 Å². The SMILES string of the molecule is CC1S/C(=C/S(=O)(=O)c2ccccc2)NC1=O. The standard InChI is InChI=1S/C11H11NO3S2/c1-8-11(13)12-10(16-8)7-17(14,15)9-5-3-2-4-6-9/h2-8H,1H3,(H,12,13)/b10-7+. The van der Waals surface area contributed by atoms with Gasteiger partial charge < -0.3 is 5.32 Å². The van der Waals surface area contributed by atoms with Crippen LogP contribution in [0.5, 0.6) is 0 Å². The Morgan fingerprint density at radius 3 is 2.47 bits per heavy atom. The monoisotopic (exact) mass is 269 g/mol. The molecule has 1 unspecified atom stereocenters. The molecule has 4 nitrogen and oxygen atoms in total. The van der Waals surface area contributed by atoms with Crippen LogP contribution in [0.2, 0.25) is 0 Å². The van der Waals surface area contributed by atoms with E-state index in [1.165, 1.54) is 23.9 Å². The minimum absolute atomic E-state index is 0.162. The second-order valence-corrected chi connectivity index (χ2v) is 6.77. The number of hydrogen-bond donors (Lipinski definition) is 1. The maximum atomic E-state index is 12.0. The lowest BCUT2D eigenvalue weighted by Crippen LogP contribution is -2.19. The van der Waals surface area contributed by atoms with Crippen molar-refractivity contribution in [3.63, 3.8) is 0 Å². The number of hydrogen-bond acceptors (Lipinski definition) is 4. The molecule has 1 fully saturated rings. The number of carbonyl (C=O) groups is 1. The third-order valence-corrected chi connectivity index (χ3v) is 4.92. The second-order valence-electron chi connectivity index (χ2n) is 3.59. The third kappa shape index (κ3) is 2.70. The van der Waals surface area contributed by atoms with Crippen molar-refractivity contribution in [2.24, 2.45) is 0 Å². The van der Waals surface area contributed by atoms with Crippen molar-refractivity contribution in [1.82, 2.24) is 5.32 Å². The van der Waals surface area contributed by atoms with Crippen molar-refractivity contribution < 1.29 is 13.2 Å². The molecule has 1 aromatic rings. The number of thioether (sulfide) groups is 1. The van der Waals surface area contributed by atoms with Crippen molar-refractivity contribution >= 4 is 27.5 Å². The molecule has 1 aromatic carbocycles. The van der Waals surface area contributed by atoms with Crippen molar-refractivity contribution in [3.8, 4) is 0 Å². The zero-order valence-corrected chi connectivity index (χ0v) is 10.7. The van der Waals surface area contributed by atoms with Gasteiger partial charge in [0.2, 0.25) is 15.7 Å². The first-order chi connectivity index (χ1) is 7.99. The van der Waals surface area contributed by atoms with E-state index < -0.39 is 9.84 Å². The van der Waals surface area contributed by atoms with Crippen LogP contribution in [0.15, 0.2) is 45.7 Å². The van der Waals surface area contributed by atoms with Crippen molar-refractivity contribution in [1.29, 1.82) is 0 Å². The summed E-state index contributed by atoms with van der Waals surface area (Å²) in [6.45, 7) is 1.73. The largest absolute Gasteiger partial charge is 0.319 e. The highest BCUT2D eigenvalue weighted by molar-refractivity contribution is 8.05. The van der Waals surface area contributed by atoms with Crippen molar-refractivity contribution in [2.45, 2.75) is 17.1 Å². The molecule has 17 heavy (non-hydrogen) atoms. The lowest BCUT2D eigenvalue weighted by atomic mass is 10.4. The van der Waals surface area contributed by atoms with Gasteiger partial charge in [0, 0.05) is 0 Å². The average Bonchev–Trinajstić information content (AvgIpc) is 2.58. The Kier molecular flexibility index (Phi) is 3.26. The molecule has 1 atom stereocenters. The highest BCUT2D eigenvalue weighted by Gasteiger charge is 2.26. The van der Waals surface area contributed by atoms with Crippen LogP contribution in [0.3, 0.4) is 0 Å². The van der Waals surface area contributed by atoms with E-state index in [1.807, 2.05) is 0 Å². The molecule has 0 aliphatic carbocycles. The maximum Gasteiger partial charge on any atom is 0.238 e. The number of rotatable bonds is 2. The average molecular weight is 269 g/mol. The maximum absolute atomic E-state index is 12.0. The van der Waals surface area contributed by atoms with Crippen LogP contribution in [-0.4, -0.2) is 19.6 Å². The molecule has 0 spiro atoms. The third-order valence-electron chi connectivity index (χ3n) is 2.25. The van der Waals surface area contributed by atoms with E-state index in [9.17, 15) is 13.2 Å². The van der Waals surface area contributed by atoms with E-state index in [1.54, 1.807) is 25.1 Å². The van der Waals surface area contributed by atoms with Crippen LogP contribution >= 0.6 is 11.8 Å². The minimum Gasteiger partial charge on any atom is -0.319 e. The van der Waals surface area contributed by atoms with E-state index in [0.29, 0.717) is 5.03 Å². The predicted molar refractivity (Wildman–Crippen MR) is 66.9 cm³/mol. The summed E-state index contributed by atoms with van der Waals surface area (Å²) < 4.78 is 23.9. The smallest absolute Gasteiger partial charge is 0.238 e. The lowest BCUT2D eigenvalue weighted by Gasteiger charge is -2.00. The van der Waals surface area contributed by atoms with Gasteiger partial charge in [-0.2, -0.15) is 0 Å². The first kappa shape index (κ1) is 12.2. The number of amides is 1. The summed E-state index contributed by atoms with van der Waals surface area (Å²) in [7, 11) is -3.49. The Morgan fingerprint density at radius 1 is 1.29 bits per heavy atom. The molecule has 0 aromatic heterocycles. The molecule has 2 rings (SSSR count). The summed E-state index contributed by atoms with van der Waals surface area (Å²) in [6.07, 6.45) is 0. The van der Waals surface area contributed by atoms with E-state index in [2.05, 4.69) is 5.32 Å². The number of benzene rings is 1. The first-order valence-electron chi connectivity index (χ1n) is 4.98. The Morgan fingerprint density at radius 2 is 1.94 bits per heavy atom. The van der Waals surface area contributed by atoms with Gasteiger partial charge in [-0.1, -0.05) is 30.0 Å². The highest BCUT2D eigenvalue weighted by Crippen LogP contribution is 2.28. The van der Waals surface area contributed by atoms with Crippen molar-refractivity contribution in [2.75, 3.05) is 0 Å². The van der Waals surface area contributed by atoms with E-state index in [4.69, 9.17) is 0 Å². The summed E-state index contributed by atoms with van der Waals surface area (Å²) in [5, 5.41) is 3.78.